The molecule has 0 radical (unpaired) electrons. The molecule has 5 heteroatoms. The van der Waals surface area contributed by atoms with Crippen LogP contribution in [0.2, 0.25) is 0 Å². The third-order valence-corrected chi connectivity index (χ3v) is 3.66. The lowest BCUT2D eigenvalue weighted by Gasteiger charge is -2.25. The molecule has 0 aromatic carbocycles. The lowest BCUT2D eigenvalue weighted by Crippen LogP contribution is -2.28. The first-order valence-corrected chi connectivity index (χ1v) is 6.54. The molecule has 0 bridgehead atoms. The molecule has 18 heavy (non-hydrogen) atoms. The summed E-state index contributed by atoms with van der Waals surface area (Å²) in [4.78, 5) is 2.11. The molecule has 1 aliphatic carbocycles. The lowest BCUT2D eigenvalue weighted by molar-refractivity contribution is 0.0321. The Morgan fingerprint density at radius 2 is 2.11 bits per heavy atom. The number of nitrogens with zero attached hydrogens (tertiary/aromatic N) is 3. The zero-order valence-corrected chi connectivity index (χ0v) is 11.5. The van der Waals surface area contributed by atoms with Crippen molar-refractivity contribution in [1.82, 2.24) is 14.7 Å². The minimum atomic E-state index is -0.756. The molecule has 1 N–H and O–H groups in total. The van der Waals surface area contributed by atoms with Gasteiger partial charge in [0.2, 0.25) is 0 Å². The van der Waals surface area contributed by atoms with Crippen LogP contribution in [0.1, 0.15) is 31.4 Å². The average Bonchev–Trinajstić information content (AvgIpc) is 2.92. The maximum atomic E-state index is 10.8. The number of rotatable bonds is 5. The Balaban J connectivity index is 2.27. The van der Waals surface area contributed by atoms with Crippen molar-refractivity contribution in [3.05, 3.63) is 11.9 Å². The van der Waals surface area contributed by atoms with Crippen LogP contribution in [0.25, 0.3) is 0 Å². The van der Waals surface area contributed by atoms with Gasteiger partial charge in [0.05, 0.1) is 19.9 Å². The molecule has 1 fully saturated rings. The molecule has 1 aromatic heterocycles. The Morgan fingerprint density at radius 1 is 1.44 bits per heavy atom. The maximum Gasteiger partial charge on any atom is 0.162 e. The second kappa shape index (κ2) is 5.28. The van der Waals surface area contributed by atoms with Crippen molar-refractivity contribution in [1.29, 1.82) is 0 Å². The van der Waals surface area contributed by atoms with Gasteiger partial charge in [-0.15, -0.1) is 0 Å². The predicted molar refractivity (Wildman–Crippen MR) is 69.7 cm³/mol. The van der Waals surface area contributed by atoms with Crippen molar-refractivity contribution >= 4 is 0 Å². The van der Waals surface area contributed by atoms with Crippen molar-refractivity contribution in [2.24, 2.45) is 0 Å². The summed E-state index contributed by atoms with van der Waals surface area (Å²) in [6.07, 6.45) is 5.45. The first-order chi connectivity index (χ1) is 8.57. The summed E-state index contributed by atoms with van der Waals surface area (Å²) >= 11 is 0. The van der Waals surface area contributed by atoms with E-state index in [0.29, 0.717) is 5.75 Å². The molecule has 5 nitrogen and oxygen atoms in total. The molecule has 1 aromatic rings. The third kappa shape index (κ3) is 2.52. The lowest BCUT2D eigenvalue weighted by atomic mass is 9.97. The second-order valence-corrected chi connectivity index (χ2v) is 5.33. The summed E-state index contributed by atoms with van der Waals surface area (Å²) in [6.45, 7) is 1.67. The molecule has 0 aliphatic heterocycles. The fourth-order valence-corrected chi connectivity index (χ4v) is 2.65. The largest absolute Gasteiger partial charge is 0.493 e. The van der Waals surface area contributed by atoms with Crippen molar-refractivity contribution in [2.75, 3.05) is 27.7 Å². The van der Waals surface area contributed by atoms with Crippen molar-refractivity contribution in [3.8, 4) is 5.75 Å². The topological polar surface area (TPSA) is 50.5 Å². The van der Waals surface area contributed by atoms with Crippen LogP contribution in [-0.2, 0) is 12.1 Å². The molecule has 0 atom stereocenters. The molecular formula is C13H23N3O2. The van der Waals surface area contributed by atoms with Gasteiger partial charge in [0.25, 0.3) is 0 Å². The number of hydrogen-bond donors (Lipinski definition) is 1. The first kappa shape index (κ1) is 13.4. The van der Waals surface area contributed by atoms with E-state index >= 15 is 0 Å². The minimum absolute atomic E-state index is 0.707. The highest BCUT2D eigenvalue weighted by Gasteiger charge is 2.38. The van der Waals surface area contributed by atoms with Crippen LogP contribution in [0.5, 0.6) is 5.75 Å². The van der Waals surface area contributed by atoms with Crippen molar-refractivity contribution in [2.45, 2.75) is 37.8 Å². The molecule has 0 unspecified atom stereocenters. The highest BCUT2D eigenvalue weighted by atomic mass is 16.5. The van der Waals surface area contributed by atoms with E-state index in [1.807, 2.05) is 18.8 Å². The summed E-state index contributed by atoms with van der Waals surface area (Å²) in [5.74, 6) is 0.707. The van der Waals surface area contributed by atoms with Gasteiger partial charge in [-0.25, -0.2) is 0 Å². The van der Waals surface area contributed by atoms with Crippen LogP contribution in [0.15, 0.2) is 6.20 Å². The maximum absolute atomic E-state index is 10.8. The highest BCUT2D eigenvalue weighted by molar-refractivity contribution is 5.31. The summed E-state index contributed by atoms with van der Waals surface area (Å²) in [7, 11) is 5.70. The Kier molecular flexibility index (Phi) is 3.92. The van der Waals surface area contributed by atoms with E-state index in [9.17, 15) is 5.11 Å². The normalized spacial score (nSPS) is 18.5. The molecule has 1 saturated carbocycles. The van der Waals surface area contributed by atoms with Crippen molar-refractivity contribution < 1.29 is 9.84 Å². The summed E-state index contributed by atoms with van der Waals surface area (Å²) in [6, 6.07) is 0. The number of methoxy groups -OCH3 is 1. The zero-order chi connectivity index (χ0) is 13.2. The number of hydrogen-bond acceptors (Lipinski definition) is 4. The molecule has 0 saturated heterocycles. The van der Waals surface area contributed by atoms with Gasteiger partial charge in [-0.1, -0.05) is 12.8 Å². The Morgan fingerprint density at radius 3 is 2.67 bits per heavy atom. The Labute approximate surface area is 108 Å². The summed E-state index contributed by atoms with van der Waals surface area (Å²) in [5.41, 5.74) is 0.0955. The molecule has 1 aliphatic rings. The van der Waals surface area contributed by atoms with E-state index < -0.39 is 5.60 Å². The van der Waals surface area contributed by atoms with E-state index in [-0.39, 0.29) is 0 Å². The van der Waals surface area contributed by atoms with Gasteiger partial charge < -0.3 is 14.7 Å². The minimum Gasteiger partial charge on any atom is -0.493 e. The van der Waals surface area contributed by atoms with Gasteiger partial charge in [0.1, 0.15) is 11.3 Å². The Bertz CT molecular complexity index is 395. The highest BCUT2D eigenvalue weighted by Crippen LogP contribution is 2.42. The third-order valence-electron chi connectivity index (χ3n) is 3.66. The smallest absolute Gasteiger partial charge is 0.162 e. The van der Waals surface area contributed by atoms with E-state index in [0.717, 1.165) is 44.5 Å². The number of likely N-dealkylation sites (N-methyl/N-ethyl adjacent to an activating group) is 1. The van der Waals surface area contributed by atoms with Gasteiger partial charge in [0, 0.05) is 6.54 Å². The van der Waals surface area contributed by atoms with E-state index in [1.165, 1.54) is 0 Å². The monoisotopic (exact) mass is 253 g/mol. The SMILES string of the molecule is COc1cnn(CCN(C)C)c1C1(O)CCCC1. The fraction of sp³-hybridized carbons (Fsp3) is 0.769. The average molecular weight is 253 g/mol. The zero-order valence-electron chi connectivity index (χ0n) is 11.5. The van der Waals surface area contributed by atoms with Gasteiger partial charge >= 0.3 is 0 Å². The van der Waals surface area contributed by atoms with Crippen LogP contribution < -0.4 is 4.74 Å². The Hall–Kier alpha value is -1.07. The summed E-state index contributed by atoms with van der Waals surface area (Å²) in [5, 5.41) is 15.1. The van der Waals surface area contributed by atoms with Crippen LogP contribution >= 0.6 is 0 Å². The predicted octanol–water partition coefficient (Wildman–Crippen LogP) is 1.21. The quantitative estimate of drug-likeness (QED) is 0.857. The molecule has 2 rings (SSSR count). The van der Waals surface area contributed by atoms with Gasteiger partial charge in [-0.05, 0) is 26.9 Å². The molecule has 0 spiro atoms. The van der Waals surface area contributed by atoms with E-state index in [4.69, 9.17) is 4.74 Å². The van der Waals surface area contributed by atoms with E-state index in [2.05, 4.69) is 10.00 Å². The van der Waals surface area contributed by atoms with Gasteiger partial charge in [-0.3, -0.25) is 4.68 Å². The molecule has 102 valence electrons. The standard InChI is InChI=1S/C13H23N3O2/c1-15(2)8-9-16-12(11(18-3)10-14-16)13(17)6-4-5-7-13/h10,17H,4-9H2,1-3H3. The number of ether oxygens (including phenoxy) is 1. The van der Waals surface area contributed by atoms with Crippen molar-refractivity contribution in [3.63, 3.8) is 0 Å². The molecule has 0 amide bonds. The van der Waals surface area contributed by atoms with Crippen LogP contribution in [0, 0.1) is 0 Å². The second-order valence-electron chi connectivity index (χ2n) is 5.33. The van der Waals surface area contributed by atoms with Crippen LogP contribution in [0.3, 0.4) is 0 Å². The first-order valence-electron chi connectivity index (χ1n) is 6.54. The fourth-order valence-electron chi connectivity index (χ4n) is 2.65. The number of aliphatic hydroxyl groups is 1. The van der Waals surface area contributed by atoms with Gasteiger partial charge in [-0.2, -0.15) is 5.10 Å². The van der Waals surface area contributed by atoms with Crippen LogP contribution in [0.4, 0.5) is 0 Å². The summed E-state index contributed by atoms with van der Waals surface area (Å²) < 4.78 is 7.25. The van der Waals surface area contributed by atoms with Crippen LogP contribution in [-0.4, -0.2) is 47.5 Å². The molecule has 1 heterocycles. The van der Waals surface area contributed by atoms with Gasteiger partial charge in [0.15, 0.2) is 5.75 Å². The van der Waals surface area contributed by atoms with E-state index in [1.54, 1.807) is 13.3 Å². The number of aromatic nitrogens is 2. The molecular weight excluding hydrogens is 230 g/mol.